The van der Waals surface area contributed by atoms with Gasteiger partial charge in [-0.05, 0) is 30.5 Å². The normalized spacial score (nSPS) is 20.8. The third-order valence-corrected chi connectivity index (χ3v) is 3.25. The quantitative estimate of drug-likeness (QED) is 0.803. The molecule has 0 bridgehead atoms. The van der Waals surface area contributed by atoms with Gasteiger partial charge in [-0.25, -0.2) is 0 Å². The molecule has 3 N–H and O–H groups in total. The number of halogens is 1. The lowest BCUT2D eigenvalue weighted by Gasteiger charge is -2.07. The zero-order valence-electron chi connectivity index (χ0n) is 10.2. The van der Waals surface area contributed by atoms with Crippen molar-refractivity contribution in [1.82, 2.24) is 0 Å². The first-order valence-electron chi connectivity index (χ1n) is 5.91. The summed E-state index contributed by atoms with van der Waals surface area (Å²) < 4.78 is 0. The molecule has 0 radical (unpaired) electrons. The Balaban J connectivity index is 2.19. The molecule has 18 heavy (non-hydrogen) atoms. The van der Waals surface area contributed by atoms with E-state index in [4.69, 9.17) is 17.3 Å². The summed E-state index contributed by atoms with van der Waals surface area (Å²) in [5.74, 6) is 6.34. The van der Waals surface area contributed by atoms with Gasteiger partial charge >= 0.3 is 0 Å². The second-order valence-corrected chi connectivity index (χ2v) is 4.94. The van der Waals surface area contributed by atoms with Crippen LogP contribution in [-0.4, -0.2) is 12.5 Å². The van der Waals surface area contributed by atoms with Gasteiger partial charge in [0.1, 0.15) is 0 Å². The van der Waals surface area contributed by atoms with Crippen LogP contribution in [0.1, 0.15) is 18.9 Å². The van der Waals surface area contributed by atoms with E-state index in [0.29, 0.717) is 16.6 Å². The molecule has 1 aliphatic rings. The van der Waals surface area contributed by atoms with Gasteiger partial charge in [-0.2, -0.15) is 0 Å². The summed E-state index contributed by atoms with van der Waals surface area (Å²) in [7, 11) is 0. The van der Waals surface area contributed by atoms with Crippen LogP contribution in [0.2, 0.25) is 5.02 Å². The molecule has 1 aliphatic carbocycles. The van der Waals surface area contributed by atoms with Crippen molar-refractivity contribution in [3.05, 3.63) is 28.8 Å². The number of carbonyl (C=O) groups excluding carboxylic acids is 1. The van der Waals surface area contributed by atoms with Gasteiger partial charge in [0.05, 0.1) is 12.2 Å². The summed E-state index contributed by atoms with van der Waals surface area (Å²) in [6, 6.07) is 5.25. The van der Waals surface area contributed by atoms with Gasteiger partial charge < -0.3 is 11.1 Å². The third-order valence-electron chi connectivity index (χ3n) is 3.01. The minimum Gasteiger partial charge on any atom is -0.325 e. The number of carbonyl (C=O) groups is 1. The van der Waals surface area contributed by atoms with E-state index >= 15 is 0 Å². The number of nitrogens with one attached hydrogen (secondary N) is 1. The average molecular weight is 263 g/mol. The van der Waals surface area contributed by atoms with Gasteiger partial charge in [0.15, 0.2) is 0 Å². The molecule has 1 aromatic carbocycles. The second-order valence-electron chi connectivity index (χ2n) is 4.50. The van der Waals surface area contributed by atoms with Gasteiger partial charge in [-0.1, -0.05) is 30.4 Å². The molecule has 2 rings (SSSR count). The van der Waals surface area contributed by atoms with E-state index in [1.165, 1.54) is 0 Å². The van der Waals surface area contributed by atoms with Gasteiger partial charge in [-0.15, -0.1) is 0 Å². The van der Waals surface area contributed by atoms with E-state index in [-0.39, 0.29) is 18.4 Å². The summed E-state index contributed by atoms with van der Waals surface area (Å²) in [5.41, 5.74) is 6.75. The maximum Gasteiger partial charge on any atom is 0.227 e. The molecule has 94 valence electrons. The van der Waals surface area contributed by atoms with E-state index in [9.17, 15) is 4.79 Å². The Labute approximate surface area is 112 Å². The van der Waals surface area contributed by atoms with Crippen molar-refractivity contribution in [1.29, 1.82) is 0 Å². The zero-order valence-corrected chi connectivity index (χ0v) is 10.9. The zero-order chi connectivity index (χ0) is 13.1. The topological polar surface area (TPSA) is 55.1 Å². The largest absolute Gasteiger partial charge is 0.325 e. The predicted octanol–water partition coefficient (Wildman–Crippen LogP) is 2.24. The van der Waals surface area contributed by atoms with Crippen LogP contribution in [-0.2, 0) is 4.79 Å². The van der Waals surface area contributed by atoms with Crippen LogP contribution in [0.4, 0.5) is 5.69 Å². The van der Waals surface area contributed by atoms with Crippen molar-refractivity contribution in [2.75, 3.05) is 11.9 Å². The van der Waals surface area contributed by atoms with Crippen molar-refractivity contribution < 1.29 is 4.79 Å². The van der Waals surface area contributed by atoms with E-state index in [1.54, 1.807) is 18.2 Å². The molecule has 0 heterocycles. The van der Waals surface area contributed by atoms with Gasteiger partial charge in [-0.3, -0.25) is 4.79 Å². The Morgan fingerprint density at radius 1 is 1.61 bits per heavy atom. The third kappa shape index (κ3) is 3.04. The highest BCUT2D eigenvalue weighted by molar-refractivity contribution is 6.31. The molecule has 1 fully saturated rings. The van der Waals surface area contributed by atoms with Crippen LogP contribution in [0.15, 0.2) is 18.2 Å². The summed E-state index contributed by atoms with van der Waals surface area (Å²) in [6.45, 7) is 2.35. The van der Waals surface area contributed by atoms with E-state index in [0.717, 1.165) is 12.0 Å². The number of hydrogen-bond acceptors (Lipinski definition) is 2. The number of hydrogen-bond donors (Lipinski definition) is 2. The highest BCUT2D eigenvalue weighted by atomic mass is 35.5. The highest BCUT2D eigenvalue weighted by Gasteiger charge is 2.39. The number of amides is 1. The minimum atomic E-state index is 0.0422. The van der Waals surface area contributed by atoms with Crippen molar-refractivity contribution in [3.8, 4) is 11.8 Å². The molecule has 0 aliphatic heterocycles. The van der Waals surface area contributed by atoms with E-state index in [1.807, 2.05) is 0 Å². The molecular weight excluding hydrogens is 248 g/mol. The summed E-state index contributed by atoms with van der Waals surface area (Å²) in [5, 5.41) is 3.46. The molecule has 1 amide bonds. The summed E-state index contributed by atoms with van der Waals surface area (Å²) in [4.78, 5) is 11.9. The molecule has 0 saturated heterocycles. The first-order valence-corrected chi connectivity index (χ1v) is 6.29. The Morgan fingerprint density at radius 2 is 2.33 bits per heavy atom. The fraction of sp³-hybridized carbons (Fsp3) is 0.357. The molecule has 0 spiro atoms. The number of rotatable bonds is 2. The van der Waals surface area contributed by atoms with Crippen LogP contribution < -0.4 is 11.1 Å². The molecule has 4 heteroatoms. The Morgan fingerprint density at radius 3 is 2.94 bits per heavy atom. The van der Waals surface area contributed by atoms with Crippen LogP contribution in [0.3, 0.4) is 0 Å². The summed E-state index contributed by atoms with van der Waals surface area (Å²) in [6.07, 6.45) is 0.955. The fourth-order valence-electron chi connectivity index (χ4n) is 1.79. The standard InChI is InChI=1S/C14H15ClN2O/c1-9-7-12(9)14(18)17-13-8-11(15)5-4-10(13)3-2-6-16/h4-5,8-9,12H,6-7,16H2,1H3,(H,17,18). The van der Waals surface area contributed by atoms with Crippen LogP contribution in [0, 0.1) is 23.7 Å². The maximum atomic E-state index is 11.9. The SMILES string of the molecule is CC1CC1C(=O)Nc1cc(Cl)ccc1C#CCN. The first-order chi connectivity index (χ1) is 8.61. The van der Waals surface area contributed by atoms with Crippen LogP contribution >= 0.6 is 11.6 Å². The minimum absolute atomic E-state index is 0.0422. The van der Waals surface area contributed by atoms with Crippen molar-refractivity contribution >= 4 is 23.2 Å². The van der Waals surface area contributed by atoms with Gasteiger partial charge in [0.2, 0.25) is 5.91 Å². The van der Waals surface area contributed by atoms with Crippen molar-refractivity contribution in [2.24, 2.45) is 17.6 Å². The Bertz CT molecular complexity index is 530. The summed E-state index contributed by atoms with van der Waals surface area (Å²) >= 11 is 5.93. The lowest BCUT2D eigenvalue weighted by molar-refractivity contribution is -0.117. The van der Waals surface area contributed by atoms with Crippen molar-refractivity contribution in [2.45, 2.75) is 13.3 Å². The molecule has 2 unspecified atom stereocenters. The molecule has 3 nitrogen and oxygen atoms in total. The fourth-order valence-corrected chi connectivity index (χ4v) is 1.96. The molecule has 2 atom stereocenters. The Kier molecular flexibility index (Phi) is 3.90. The maximum absolute atomic E-state index is 11.9. The molecule has 0 aromatic heterocycles. The van der Waals surface area contributed by atoms with E-state index in [2.05, 4.69) is 24.1 Å². The molecule has 1 aromatic rings. The predicted molar refractivity (Wildman–Crippen MR) is 73.3 cm³/mol. The molecular formula is C14H15ClN2O. The average Bonchev–Trinajstić information content (AvgIpc) is 3.05. The lowest BCUT2D eigenvalue weighted by Crippen LogP contribution is -2.15. The number of benzene rings is 1. The van der Waals surface area contributed by atoms with Gasteiger partial charge in [0.25, 0.3) is 0 Å². The van der Waals surface area contributed by atoms with Crippen LogP contribution in [0.25, 0.3) is 0 Å². The first kappa shape index (κ1) is 12.9. The number of anilines is 1. The smallest absolute Gasteiger partial charge is 0.227 e. The second kappa shape index (κ2) is 5.43. The van der Waals surface area contributed by atoms with Gasteiger partial charge in [0, 0.05) is 16.5 Å². The number of nitrogens with two attached hydrogens (primary N) is 1. The van der Waals surface area contributed by atoms with Crippen LogP contribution in [0.5, 0.6) is 0 Å². The highest BCUT2D eigenvalue weighted by Crippen LogP contribution is 2.38. The Hall–Kier alpha value is -1.50. The monoisotopic (exact) mass is 262 g/mol. The molecule has 1 saturated carbocycles. The lowest BCUT2D eigenvalue weighted by atomic mass is 10.1. The van der Waals surface area contributed by atoms with E-state index < -0.39 is 0 Å². The van der Waals surface area contributed by atoms with Crippen molar-refractivity contribution in [3.63, 3.8) is 0 Å².